The Balaban J connectivity index is 2.00. The normalized spacial score (nSPS) is 11.0. The molecular weight excluding hydrogens is 385 g/mol. The van der Waals surface area contributed by atoms with Gasteiger partial charge in [0, 0.05) is 19.0 Å². The van der Waals surface area contributed by atoms with E-state index in [-0.39, 0.29) is 29.0 Å². The Labute approximate surface area is 164 Å². The van der Waals surface area contributed by atoms with Gasteiger partial charge < -0.3 is 4.74 Å². The molecule has 0 aliphatic rings. The minimum Gasteiger partial charge on any atom is -0.454 e. The van der Waals surface area contributed by atoms with Crippen LogP contribution in [0.5, 0.6) is 11.5 Å². The van der Waals surface area contributed by atoms with Gasteiger partial charge in [0.05, 0.1) is 18.7 Å². The number of aromatic nitrogens is 3. The number of halogens is 3. The minimum atomic E-state index is -2.80. The van der Waals surface area contributed by atoms with Gasteiger partial charge in [-0.3, -0.25) is 4.57 Å². The molecule has 0 bridgehead atoms. The van der Waals surface area contributed by atoms with Gasteiger partial charge in [-0.2, -0.15) is 10.4 Å². The van der Waals surface area contributed by atoms with Crippen LogP contribution in [-0.4, -0.2) is 14.3 Å². The van der Waals surface area contributed by atoms with Gasteiger partial charge in [-0.25, -0.2) is 22.6 Å². The smallest absolute Gasteiger partial charge is 0.345 e. The summed E-state index contributed by atoms with van der Waals surface area (Å²) in [4.78, 5) is 11.8. The van der Waals surface area contributed by atoms with Crippen LogP contribution < -0.4 is 10.4 Å². The molecule has 149 valence electrons. The molecule has 3 rings (SSSR count). The number of hydrogen-bond donors (Lipinski definition) is 0. The van der Waals surface area contributed by atoms with Gasteiger partial charge in [-0.15, -0.1) is 0 Å². The minimum absolute atomic E-state index is 0.00273. The van der Waals surface area contributed by atoms with Gasteiger partial charge in [0.1, 0.15) is 11.6 Å². The van der Waals surface area contributed by atoms with Crippen molar-refractivity contribution in [3.63, 3.8) is 0 Å². The van der Waals surface area contributed by atoms with Crippen molar-refractivity contribution in [3.8, 4) is 17.6 Å². The molecule has 0 spiro atoms. The molecule has 3 aromatic rings. The first kappa shape index (κ1) is 20.2. The van der Waals surface area contributed by atoms with Crippen LogP contribution in [0.2, 0.25) is 0 Å². The SMILES string of the molecule is [CH2]n1nc(Cc2ccc(C)c(Oc3cc(C#N)cc(C(F)F)c3)c2F)n(C)c1=O. The van der Waals surface area contributed by atoms with E-state index in [0.717, 1.165) is 16.8 Å². The Kier molecular flexibility index (Phi) is 5.46. The maximum absolute atomic E-state index is 15.1. The van der Waals surface area contributed by atoms with Gasteiger partial charge in [0.15, 0.2) is 11.6 Å². The molecule has 2 aromatic carbocycles. The quantitative estimate of drug-likeness (QED) is 0.651. The van der Waals surface area contributed by atoms with Crippen molar-refractivity contribution < 1.29 is 17.9 Å². The van der Waals surface area contributed by atoms with E-state index in [1.165, 1.54) is 23.7 Å². The molecule has 29 heavy (non-hydrogen) atoms. The number of rotatable bonds is 5. The Bertz CT molecular complexity index is 1180. The van der Waals surface area contributed by atoms with Crippen molar-refractivity contribution in [2.24, 2.45) is 7.05 Å². The van der Waals surface area contributed by atoms with E-state index in [1.807, 2.05) is 0 Å². The second kappa shape index (κ2) is 7.83. The summed E-state index contributed by atoms with van der Waals surface area (Å²) in [6.07, 6.45) is -2.81. The molecule has 6 nitrogen and oxygen atoms in total. The fraction of sp³-hybridized carbons (Fsp3) is 0.200. The van der Waals surface area contributed by atoms with E-state index in [2.05, 4.69) is 12.1 Å². The van der Waals surface area contributed by atoms with E-state index >= 15 is 4.39 Å². The molecule has 1 aromatic heterocycles. The lowest BCUT2D eigenvalue weighted by Gasteiger charge is -2.14. The van der Waals surface area contributed by atoms with Crippen molar-refractivity contribution in [2.75, 3.05) is 0 Å². The molecule has 0 atom stereocenters. The zero-order chi connectivity index (χ0) is 21.3. The van der Waals surface area contributed by atoms with Crippen molar-refractivity contribution in [3.05, 3.63) is 81.8 Å². The number of nitrogens with zero attached hydrogens (tertiary/aromatic N) is 4. The summed E-state index contributed by atoms with van der Waals surface area (Å²) in [5.74, 6) is -0.646. The van der Waals surface area contributed by atoms with Gasteiger partial charge in [-0.1, -0.05) is 12.1 Å². The Hall–Kier alpha value is -3.54. The number of alkyl halides is 2. The first-order valence-corrected chi connectivity index (χ1v) is 8.46. The average Bonchev–Trinajstić information content (AvgIpc) is 2.93. The number of ether oxygens (including phenoxy) is 1. The molecule has 0 amide bonds. The average molecular weight is 401 g/mol. The van der Waals surface area contributed by atoms with Crippen molar-refractivity contribution >= 4 is 0 Å². The molecule has 0 N–H and O–H groups in total. The summed E-state index contributed by atoms with van der Waals surface area (Å²) in [7, 11) is 4.95. The summed E-state index contributed by atoms with van der Waals surface area (Å²) in [6.45, 7) is 1.60. The summed E-state index contributed by atoms with van der Waals surface area (Å²) < 4.78 is 48.9. The standard InChI is InChI=1S/C20H16F3N4O2/c1-11-4-5-13(9-16-25-27(3)20(28)26(16)2)17(21)18(11)29-15-7-12(10-24)6-14(8-15)19(22)23/h4-8,19H,3,9H2,1-2H3. The third-order valence-electron chi connectivity index (χ3n) is 4.38. The molecule has 0 unspecified atom stereocenters. The largest absolute Gasteiger partial charge is 0.454 e. The van der Waals surface area contributed by atoms with Crippen LogP contribution >= 0.6 is 0 Å². The number of nitriles is 1. The van der Waals surface area contributed by atoms with Gasteiger partial charge in [0.2, 0.25) is 0 Å². The van der Waals surface area contributed by atoms with Gasteiger partial charge in [0.25, 0.3) is 6.43 Å². The van der Waals surface area contributed by atoms with Crippen molar-refractivity contribution in [1.82, 2.24) is 14.3 Å². The summed E-state index contributed by atoms with van der Waals surface area (Å²) in [6, 6.07) is 8.28. The van der Waals surface area contributed by atoms with E-state index in [4.69, 9.17) is 10.00 Å². The van der Waals surface area contributed by atoms with Crippen LogP contribution in [0.4, 0.5) is 13.2 Å². The van der Waals surface area contributed by atoms with E-state index < -0.39 is 23.5 Å². The highest BCUT2D eigenvalue weighted by Gasteiger charge is 2.18. The van der Waals surface area contributed by atoms with Gasteiger partial charge in [-0.05, 0) is 36.2 Å². The Morgan fingerprint density at radius 1 is 1.31 bits per heavy atom. The fourth-order valence-corrected chi connectivity index (χ4v) is 2.80. The second-order valence-corrected chi connectivity index (χ2v) is 6.42. The predicted octanol–water partition coefficient (Wildman–Crippen LogP) is 3.86. The van der Waals surface area contributed by atoms with Crippen LogP contribution in [0.25, 0.3) is 0 Å². The van der Waals surface area contributed by atoms with Crippen LogP contribution in [0.15, 0.2) is 35.1 Å². The van der Waals surface area contributed by atoms with Crippen LogP contribution in [0, 0.1) is 31.1 Å². The number of aryl methyl sites for hydroxylation is 1. The van der Waals surface area contributed by atoms with Crippen molar-refractivity contribution in [2.45, 2.75) is 19.8 Å². The predicted molar refractivity (Wildman–Crippen MR) is 98.4 cm³/mol. The van der Waals surface area contributed by atoms with Crippen molar-refractivity contribution in [1.29, 1.82) is 5.26 Å². The third kappa shape index (κ3) is 4.01. The van der Waals surface area contributed by atoms with E-state index in [9.17, 15) is 13.6 Å². The first-order valence-electron chi connectivity index (χ1n) is 8.46. The molecule has 0 fully saturated rings. The molecule has 1 heterocycles. The first-order chi connectivity index (χ1) is 13.7. The Morgan fingerprint density at radius 2 is 2.03 bits per heavy atom. The van der Waals surface area contributed by atoms with Crippen LogP contribution in [0.3, 0.4) is 0 Å². The lowest BCUT2D eigenvalue weighted by atomic mass is 10.1. The highest BCUT2D eigenvalue weighted by Crippen LogP contribution is 2.33. The van der Waals surface area contributed by atoms with E-state index in [0.29, 0.717) is 11.4 Å². The lowest BCUT2D eigenvalue weighted by Crippen LogP contribution is -2.19. The maximum atomic E-state index is 15.1. The highest BCUT2D eigenvalue weighted by molar-refractivity contribution is 5.46. The highest BCUT2D eigenvalue weighted by atomic mass is 19.3. The molecule has 0 aliphatic carbocycles. The zero-order valence-corrected chi connectivity index (χ0v) is 15.6. The lowest BCUT2D eigenvalue weighted by molar-refractivity contribution is 0.151. The molecule has 9 heteroatoms. The van der Waals surface area contributed by atoms with E-state index in [1.54, 1.807) is 19.1 Å². The zero-order valence-electron chi connectivity index (χ0n) is 15.6. The fourth-order valence-electron chi connectivity index (χ4n) is 2.80. The number of hydrogen-bond acceptors (Lipinski definition) is 4. The molecule has 0 saturated carbocycles. The molecule has 0 aliphatic heterocycles. The number of benzene rings is 2. The summed E-state index contributed by atoms with van der Waals surface area (Å²) >= 11 is 0. The van der Waals surface area contributed by atoms with Crippen LogP contribution in [0.1, 0.15) is 34.5 Å². The molecule has 0 saturated heterocycles. The third-order valence-corrected chi connectivity index (χ3v) is 4.38. The summed E-state index contributed by atoms with van der Waals surface area (Å²) in [5.41, 5.74) is -0.238. The maximum Gasteiger partial charge on any atom is 0.345 e. The monoisotopic (exact) mass is 401 g/mol. The topological polar surface area (TPSA) is 72.8 Å². The Morgan fingerprint density at radius 3 is 2.62 bits per heavy atom. The molecular formula is C20H16F3N4O2. The summed E-state index contributed by atoms with van der Waals surface area (Å²) in [5, 5.41) is 13.0. The van der Waals surface area contributed by atoms with Gasteiger partial charge >= 0.3 is 5.69 Å². The molecule has 1 radical (unpaired) electrons. The second-order valence-electron chi connectivity index (χ2n) is 6.42. The van der Waals surface area contributed by atoms with Crippen LogP contribution in [-0.2, 0) is 13.5 Å².